The first-order valence-electron chi connectivity index (χ1n) is 7.70. The molecule has 0 radical (unpaired) electrons. The molecule has 2 N–H and O–H groups in total. The smallest absolute Gasteiger partial charge is 0.248 e. The van der Waals surface area contributed by atoms with Crippen LogP contribution in [-0.4, -0.2) is 27.0 Å². The van der Waals surface area contributed by atoms with Crippen LogP contribution in [0.25, 0.3) is 0 Å². The summed E-state index contributed by atoms with van der Waals surface area (Å²) < 4.78 is 6.88. The van der Waals surface area contributed by atoms with Crippen molar-refractivity contribution < 1.29 is 4.74 Å². The fourth-order valence-electron chi connectivity index (χ4n) is 2.31. The number of nitrogens with zero attached hydrogens (tertiary/aromatic N) is 3. The third kappa shape index (κ3) is 5.01. The third-order valence-electron chi connectivity index (χ3n) is 3.55. The fourth-order valence-corrected chi connectivity index (χ4v) is 3.20. The van der Waals surface area contributed by atoms with Gasteiger partial charge in [-0.2, -0.15) is 0 Å². The average molecular weight is 443 g/mol. The highest BCUT2D eigenvalue weighted by Crippen LogP contribution is 2.28. The highest BCUT2D eigenvalue weighted by molar-refractivity contribution is 7.80. The van der Waals surface area contributed by atoms with Crippen LogP contribution in [0.5, 0.6) is 5.75 Å². The second-order valence-electron chi connectivity index (χ2n) is 5.39. The van der Waals surface area contributed by atoms with Gasteiger partial charge in [0.15, 0.2) is 5.11 Å². The summed E-state index contributed by atoms with van der Waals surface area (Å²) >= 11 is 23.7. The number of nitrogens with one attached hydrogen (secondary N) is 2. The Labute approximate surface area is 176 Å². The maximum absolute atomic E-state index is 6.19. The van der Waals surface area contributed by atoms with E-state index in [-0.39, 0.29) is 0 Å². The molecule has 10 heteroatoms. The van der Waals surface area contributed by atoms with Crippen molar-refractivity contribution in [3.05, 3.63) is 63.4 Å². The van der Waals surface area contributed by atoms with Crippen molar-refractivity contribution in [3.63, 3.8) is 0 Å². The largest absolute Gasteiger partial charge is 0.495 e. The maximum atomic E-state index is 6.19. The van der Waals surface area contributed by atoms with Gasteiger partial charge in [-0.25, -0.2) is 9.67 Å². The lowest BCUT2D eigenvalue weighted by molar-refractivity contribution is 0.417. The summed E-state index contributed by atoms with van der Waals surface area (Å²) in [4.78, 5) is 4.18. The van der Waals surface area contributed by atoms with Crippen LogP contribution in [0.4, 0.5) is 11.6 Å². The summed E-state index contributed by atoms with van der Waals surface area (Å²) in [5.41, 5.74) is 1.39. The third-order valence-corrected chi connectivity index (χ3v) is 4.70. The van der Waals surface area contributed by atoms with E-state index in [0.29, 0.717) is 44.1 Å². The normalized spacial score (nSPS) is 10.5. The summed E-state index contributed by atoms with van der Waals surface area (Å²) in [6, 6.07) is 10.5. The zero-order valence-corrected chi connectivity index (χ0v) is 17.1. The SMILES string of the molecule is COc1ccc(Cl)cc1NC(=S)Nc1ncn(Cc2c(Cl)cccc2Cl)n1. The molecule has 0 spiro atoms. The van der Waals surface area contributed by atoms with Crippen molar-refractivity contribution in [2.75, 3.05) is 17.7 Å². The summed E-state index contributed by atoms with van der Waals surface area (Å²) in [6.45, 7) is 0.384. The summed E-state index contributed by atoms with van der Waals surface area (Å²) in [6.07, 6.45) is 1.56. The summed E-state index contributed by atoms with van der Waals surface area (Å²) in [5, 5.41) is 12.2. The number of ether oxygens (including phenoxy) is 1. The molecule has 0 aliphatic heterocycles. The van der Waals surface area contributed by atoms with Crippen LogP contribution in [0.15, 0.2) is 42.7 Å². The van der Waals surface area contributed by atoms with Gasteiger partial charge in [-0.15, -0.1) is 5.10 Å². The second-order valence-corrected chi connectivity index (χ2v) is 7.05. The van der Waals surface area contributed by atoms with Crippen molar-refractivity contribution in [1.29, 1.82) is 0 Å². The van der Waals surface area contributed by atoms with E-state index in [1.165, 1.54) is 0 Å². The van der Waals surface area contributed by atoms with Crippen molar-refractivity contribution in [3.8, 4) is 5.75 Å². The fraction of sp³-hybridized carbons (Fsp3) is 0.118. The maximum Gasteiger partial charge on any atom is 0.248 e. The summed E-state index contributed by atoms with van der Waals surface area (Å²) in [5.74, 6) is 0.937. The van der Waals surface area contributed by atoms with Crippen LogP contribution in [0.3, 0.4) is 0 Å². The van der Waals surface area contributed by atoms with Crippen LogP contribution in [0.2, 0.25) is 15.1 Å². The first-order valence-corrected chi connectivity index (χ1v) is 9.24. The summed E-state index contributed by atoms with van der Waals surface area (Å²) in [7, 11) is 1.56. The molecule has 1 heterocycles. The molecule has 6 nitrogen and oxygen atoms in total. The van der Waals surface area contributed by atoms with Gasteiger partial charge in [0.05, 0.1) is 19.3 Å². The minimum absolute atomic E-state index is 0.295. The molecular formula is C17H14Cl3N5OS. The van der Waals surface area contributed by atoms with E-state index in [2.05, 4.69) is 20.7 Å². The average Bonchev–Trinajstić information content (AvgIpc) is 3.05. The van der Waals surface area contributed by atoms with E-state index in [1.54, 1.807) is 54.5 Å². The molecular weight excluding hydrogens is 429 g/mol. The van der Waals surface area contributed by atoms with Crippen molar-refractivity contribution in [2.45, 2.75) is 6.54 Å². The Kier molecular flexibility index (Phi) is 6.38. The quantitative estimate of drug-likeness (QED) is 0.536. The number of hydrogen-bond donors (Lipinski definition) is 2. The zero-order valence-electron chi connectivity index (χ0n) is 14.0. The van der Waals surface area contributed by atoms with Gasteiger partial charge < -0.3 is 10.1 Å². The number of halogens is 3. The Balaban J connectivity index is 1.67. The first-order chi connectivity index (χ1) is 13.0. The van der Waals surface area contributed by atoms with E-state index in [4.69, 9.17) is 51.8 Å². The molecule has 2 aromatic carbocycles. The molecule has 3 aromatic rings. The van der Waals surface area contributed by atoms with Gasteiger partial charge in [0.2, 0.25) is 5.95 Å². The number of methoxy groups -OCH3 is 1. The molecule has 1 aromatic heterocycles. The lowest BCUT2D eigenvalue weighted by atomic mass is 10.2. The number of aromatic nitrogens is 3. The molecule has 140 valence electrons. The molecule has 0 amide bonds. The Morgan fingerprint density at radius 1 is 1.15 bits per heavy atom. The van der Waals surface area contributed by atoms with Gasteiger partial charge in [-0.05, 0) is 42.5 Å². The van der Waals surface area contributed by atoms with Crippen LogP contribution < -0.4 is 15.4 Å². The minimum Gasteiger partial charge on any atom is -0.495 e. The van der Waals surface area contributed by atoms with Crippen LogP contribution >= 0.6 is 47.0 Å². The van der Waals surface area contributed by atoms with E-state index in [9.17, 15) is 0 Å². The number of anilines is 2. The zero-order chi connectivity index (χ0) is 19.4. The van der Waals surface area contributed by atoms with E-state index < -0.39 is 0 Å². The Bertz CT molecular complexity index is 959. The molecule has 0 aliphatic carbocycles. The highest BCUT2D eigenvalue weighted by Gasteiger charge is 2.10. The molecule has 27 heavy (non-hydrogen) atoms. The molecule has 0 aliphatic rings. The minimum atomic E-state index is 0.295. The van der Waals surface area contributed by atoms with E-state index in [0.717, 1.165) is 5.56 Å². The number of benzene rings is 2. The molecule has 0 bridgehead atoms. The predicted molar refractivity (Wildman–Crippen MR) is 113 cm³/mol. The van der Waals surface area contributed by atoms with Gasteiger partial charge >= 0.3 is 0 Å². The van der Waals surface area contributed by atoms with Crippen molar-refractivity contribution in [1.82, 2.24) is 14.8 Å². The Morgan fingerprint density at radius 2 is 1.89 bits per heavy atom. The molecule has 0 saturated heterocycles. The van der Waals surface area contributed by atoms with Gasteiger partial charge in [-0.3, -0.25) is 5.32 Å². The number of rotatable bonds is 5. The molecule has 0 atom stereocenters. The van der Waals surface area contributed by atoms with Crippen molar-refractivity contribution >= 4 is 63.8 Å². The van der Waals surface area contributed by atoms with E-state index in [1.807, 2.05) is 0 Å². The monoisotopic (exact) mass is 441 g/mol. The highest BCUT2D eigenvalue weighted by atomic mass is 35.5. The topological polar surface area (TPSA) is 64.0 Å². The Morgan fingerprint density at radius 3 is 2.59 bits per heavy atom. The predicted octanol–water partition coefficient (Wildman–Crippen LogP) is 5.10. The first kappa shape index (κ1) is 19.7. The molecule has 3 rings (SSSR count). The van der Waals surface area contributed by atoms with Crippen LogP contribution in [0, 0.1) is 0 Å². The van der Waals surface area contributed by atoms with Gasteiger partial charge in [0, 0.05) is 20.6 Å². The van der Waals surface area contributed by atoms with Crippen LogP contribution in [0.1, 0.15) is 5.56 Å². The number of hydrogen-bond acceptors (Lipinski definition) is 4. The van der Waals surface area contributed by atoms with E-state index >= 15 is 0 Å². The lowest BCUT2D eigenvalue weighted by Crippen LogP contribution is -2.20. The van der Waals surface area contributed by atoms with Gasteiger partial charge in [0.1, 0.15) is 12.1 Å². The molecule has 0 unspecified atom stereocenters. The van der Waals surface area contributed by atoms with Crippen LogP contribution in [-0.2, 0) is 6.54 Å². The second kappa shape index (κ2) is 8.75. The van der Waals surface area contributed by atoms with Crippen molar-refractivity contribution in [2.24, 2.45) is 0 Å². The standard InChI is InChI=1S/C17H14Cl3N5OS/c1-26-15-6-5-10(18)7-14(15)22-17(27)23-16-21-9-25(24-16)8-11-12(19)3-2-4-13(11)20/h2-7,9H,8H2,1H3,(H2,22,23,24,27). The molecule has 0 saturated carbocycles. The molecule has 0 fully saturated rings. The number of thiocarbonyl (C=S) groups is 1. The van der Waals surface area contributed by atoms with Gasteiger partial charge in [0.25, 0.3) is 0 Å². The Hall–Kier alpha value is -2.06. The lowest BCUT2D eigenvalue weighted by Gasteiger charge is -2.12. The van der Waals surface area contributed by atoms with Gasteiger partial charge in [-0.1, -0.05) is 40.9 Å².